The summed E-state index contributed by atoms with van der Waals surface area (Å²) < 4.78 is 26.6. The Labute approximate surface area is 170 Å². The molecule has 148 valence electrons. The van der Waals surface area contributed by atoms with Crippen molar-refractivity contribution in [3.8, 4) is 0 Å². The van der Waals surface area contributed by atoms with Crippen molar-refractivity contribution in [2.24, 2.45) is 5.92 Å². The predicted octanol–water partition coefficient (Wildman–Crippen LogP) is 2.89. The molecule has 1 saturated carbocycles. The highest BCUT2D eigenvalue weighted by atomic mass is 35.5. The van der Waals surface area contributed by atoms with Gasteiger partial charge in [0.2, 0.25) is 5.91 Å². The Bertz CT molecular complexity index is 943. The molecule has 1 N–H and O–H groups in total. The van der Waals surface area contributed by atoms with Gasteiger partial charge in [-0.15, -0.1) is 0 Å². The molecule has 1 aliphatic heterocycles. The summed E-state index contributed by atoms with van der Waals surface area (Å²) in [7, 11) is -3.65. The average molecular weight is 419 g/mol. The Morgan fingerprint density at radius 2 is 1.71 bits per heavy atom. The predicted molar refractivity (Wildman–Crippen MR) is 109 cm³/mol. The van der Waals surface area contributed by atoms with Crippen molar-refractivity contribution in [1.29, 1.82) is 0 Å². The van der Waals surface area contributed by atoms with Crippen molar-refractivity contribution in [2.45, 2.75) is 35.6 Å². The van der Waals surface area contributed by atoms with Gasteiger partial charge in [-0.3, -0.25) is 9.69 Å². The van der Waals surface area contributed by atoms with Crippen LogP contribution in [0.4, 0.5) is 0 Å². The smallest absolute Gasteiger partial charge is 0.226 e. The molecule has 28 heavy (non-hydrogen) atoms. The number of rotatable bonds is 6. The second kappa shape index (κ2) is 7.85. The molecule has 2 aromatic rings. The highest BCUT2D eigenvalue weighted by Crippen LogP contribution is 2.31. The van der Waals surface area contributed by atoms with E-state index in [-0.39, 0.29) is 16.8 Å². The summed E-state index contributed by atoms with van der Waals surface area (Å²) >= 11 is 5.91. The zero-order chi connectivity index (χ0) is 19.7. The third-order valence-corrected chi connectivity index (χ3v) is 7.85. The molecule has 2 aromatic carbocycles. The zero-order valence-corrected chi connectivity index (χ0v) is 17.0. The van der Waals surface area contributed by atoms with Crippen molar-refractivity contribution in [3.05, 3.63) is 65.2 Å². The quantitative estimate of drug-likeness (QED) is 0.783. The van der Waals surface area contributed by atoms with Crippen molar-refractivity contribution >= 4 is 27.3 Å². The van der Waals surface area contributed by atoms with Gasteiger partial charge in [0.1, 0.15) is 0 Å². The third-order valence-electron chi connectivity index (χ3n) is 5.39. The Hall–Kier alpha value is -1.89. The lowest BCUT2D eigenvalue weighted by Gasteiger charge is -2.18. The SMILES string of the molecule is O=C(NC1CC1)[C@@H]1CN(Cc2ccccc2)C[C@H]1S(=O)(=O)c1ccc(Cl)cc1. The van der Waals surface area contributed by atoms with Crippen molar-refractivity contribution < 1.29 is 13.2 Å². The molecule has 1 saturated heterocycles. The molecule has 7 heteroatoms. The molecule has 5 nitrogen and oxygen atoms in total. The maximum atomic E-state index is 13.3. The van der Waals surface area contributed by atoms with Gasteiger partial charge in [0.25, 0.3) is 0 Å². The molecule has 1 aliphatic carbocycles. The van der Waals surface area contributed by atoms with Gasteiger partial charge in [0.15, 0.2) is 9.84 Å². The third kappa shape index (κ3) is 4.24. The number of nitrogens with zero attached hydrogens (tertiary/aromatic N) is 1. The van der Waals surface area contributed by atoms with Crippen LogP contribution in [0.1, 0.15) is 18.4 Å². The van der Waals surface area contributed by atoms with Gasteiger partial charge in [-0.25, -0.2) is 8.42 Å². The van der Waals surface area contributed by atoms with E-state index < -0.39 is 21.0 Å². The molecule has 2 fully saturated rings. The van der Waals surface area contributed by atoms with Crippen LogP contribution in [0.5, 0.6) is 0 Å². The molecule has 0 radical (unpaired) electrons. The number of carbonyl (C=O) groups excluding carboxylic acids is 1. The van der Waals surface area contributed by atoms with Gasteiger partial charge >= 0.3 is 0 Å². The second-order valence-corrected chi connectivity index (χ2v) is 10.2. The van der Waals surface area contributed by atoms with Gasteiger partial charge < -0.3 is 5.32 Å². The first-order valence-corrected chi connectivity index (χ1v) is 11.4. The van der Waals surface area contributed by atoms with E-state index in [0.717, 1.165) is 18.4 Å². The van der Waals surface area contributed by atoms with Crippen LogP contribution in [0.15, 0.2) is 59.5 Å². The molecule has 2 atom stereocenters. The Morgan fingerprint density at radius 1 is 1.04 bits per heavy atom. The van der Waals surface area contributed by atoms with Crippen LogP contribution < -0.4 is 5.32 Å². The minimum absolute atomic E-state index is 0.152. The molecule has 1 heterocycles. The van der Waals surface area contributed by atoms with Crippen LogP contribution in [0, 0.1) is 5.92 Å². The maximum Gasteiger partial charge on any atom is 0.226 e. The van der Waals surface area contributed by atoms with E-state index in [4.69, 9.17) is 11.6 Å². The monoisotopic (exact) mass is 418 g/mol. The van der Waals surface area contributed by atoms with Crippen LogP contribution in [0.2, 0.25) is 5.02 Å². The minimum Gasteiger partial charge on any atom is -0.353 e. The molecule has 1 amide bonds. The fourth-order valence-electron chi connectivity index (χ4n) is 3.72. The molecular formula is C21H23ClN2O3S. The summed E-state index contributed by atoms with van der Waals surface area (Å²) in [4.78, 5) is 15.1. The fraction of sp³-hybridized carbons (Fsp3) is 0.381. The highest BCUT2D eigenvalue weighted by molar-refractivity contribution is 7.92. The molecule has 0 aromatic heterocycles. The Kier molecular flexibility index (Phi) is 5.45. The van der Waals surface area contributed by atoms with Crippen LogP contribution in [-0.4, -0.2) is 43.6 Å². The van der Waals surface area contributed by atoms with Crippen LogP contribution in [-0.2, 0) is 21.2 Å². The second-order valence-electron chi connectivity index (χ2n) is 7.61. The molecule has 0 bridgehead atoms. The van der Waals surface area contributed by atoms with E-state index in [0.29, 0.717) is 24.7 Å². The topological polar surface area (TPSA) is 66.5 Å². The summed E-state index contributed by atoms with van der Waals surface area (Å²) in [5.41, 5.74) is 1.10. The van der Waals surface area contributed by atoms with E-state index in [2.05, 4.69) is 10.2 Å². The van der Waals surface area contributed by atoms with E-state index in [1.54, 1.807) is 12.1 Å². The lowest BCUT2D eigenvalue weighted by molar-refractivity contribution is -0.124. The lowest BCUT2D eigenvalue weighted by atomic mass is 10.1. The van der Waals surface area contributed by atoms with Gasteiger partial charge in [-0.05, 0) is 42.7 Å². The number of sulfone groups is 1. The first-order chi connectivity index (χ1) is 13.4. The number of nitrogens with one attached hydrogen (secondary N) is 1. The zero-order valence-electron chi connectivity index (χ0n) is 15.4. The van der Waals surface area contributed by atoms with Gasteiger partial charge in [-0.2, -0.15) is 0 Å². The number of halogens is 1. The standard InChI is InChI=1S/C21H23ClN2O3S/c22-16-6-10-18(11-7-16)28(26,27)20-14-24(12-15-4-2-1-3-5-15)13-19(20)21(25)23-17-8-9-17/h1-7,10-11,17,19-20H,8-9,12-14H2,(H,23,25)/t19-,20-/m1/s1. The van der Waals surface area contributed by atoms with Crippen LogP contribution >= 0.6 is 11.6 Å². The lowest BCUT2D eigenvalue weighted by Crippen LogP contribution is -2.41. The Morgan fingerprint density at radius 3 is 2.36 bits per heavy atom. The minimum atomic E-state index is -3.65. The largest absolute Gasteiger partial charge is 0.353 e. The molecular weight excluding hydrogens is 396 g/mol. The van der Waals surface area contributed by atoms with Gasteiger partial charge in [-0.1, -0.05) is 41.9 Å². The van der Waals surface area contributed by atoms with Crippen LogP contribution in [0.3, 0.4) is 0 Å². The van der Waals surface area contributed by atoms with E-state index in [1.165, 1.54) is 12.1 Å². The van der Waals surface area contributed by atoms with E-state index in [1.807, 2.05) is 30.3 Å². The first kappa shape index (κ1) is 19.4. The first-order valence-electron chi connectivity index (χ1n) is 9.49. The number of carbonyl (C=O) groups is 1. The van der Waals surface area contributed by atoms with Crippen molar-refractivity contribution in [1.82, 2.24) is 10.2 Å². The van der Waals surface area contributed by atoms with Gasteiger partial charge in [0.05, 0.1) is 16.1 Å². The number of hydrogen-bond donors (Lipinski definition) is 1. The van der Waals surface area contributed by atoms with E-state index >= 15 is 0 Å². The molecule has 4 rings (SSSR count). The summed E-state index contributed by atoms with van der Waals surface area (Å²) in [5.74, 6) is -0.731. The maximum absolute atomic E-state index is 13.3. The normalized spacial score (nSPS) is 22.9. The number of likely N-dealkylation sites (tertiary alicyclic amines) is 1. The number of benzene rings is 2. The molecule has 0 spiro atoms. The van der Waals surface area contributed by atoms with Crippen LogP contribution in [0.25, 0.3) is 0 Å². The molecule has 0 unspecified atom stereocenters. The van der Waals surface area contributed by atoms with Gasteiger partial charge in [0, 0.05) is 30.7 Å². The van der Waals surface area contributed by atoms with Crippen molar-refractivity contribution in [2.75, 3.05) is 13.1 Å². The Balaban J connectivity index is 1.59. The summed E-state index contributed by atoms with van der Waals surface area (Å²) in [6.45, 7) is 1.40. The fourth-order valence-corrected chi connectivity index (χ4v) is 5.76. The highest BCUT2D eigenvalue weighted by Gasteiger charge is 2.46. The van der Waals surface area contributed by atoms with E-state index in [9.17, 15) is 13.2 Å². The van der Waals surface area contributed by atoms with Crippen molar-refractivity contribution in [3.63, 3.8) is 0 Å². The number of amides is 1. The number of hydrogen-bond acceptors (Lipinski definition) is 4. The average Bonchev–Trinajstić information content (AvgIpc) is 3.39. The summed E-state index contributed by atoms with van der Waals surface area (Å²) in [6.07, 6.45) is 1.95. The summed E-state index contributed by atoms with van der Waals surface area (Å²) in [5, 5.41) is 2.71. The summed E-state index contributed by atoms with van der Waals surface area (Å²) in [6, 6.07) is 16.3. The molecule has 2 aliphatic rings.